The number of hydrogen-bond acceptors (Lipinski definition) is 2. The van der Waals surface area contributed by atoms with Crippen molar-refractivity contribution in [2.75, 3.05) is 0 Å². The fourth-order valence-electron chi connectivity index (χ4n) is 0.886. The van der Waals surface area contributed by atoms with Crippen LogP contribution in [0.4, 0.5) is 0 Å². The fraction of sp³-hybridized carbons (Fsp3) is 0.667. The summed E-state index contributed by atoms with van der Waals surface area (Å²) in [6.45, 7) is 6.59. The smallest absolute Gasteiger partial charge is 0.0956 e. The molecule has 0 saturated heterocycles. The molecule has 62 valence electrons. The average molecular weight is 169 g/mol. The van der Waals surface area contributed by atoms with E-state index in [9.17, 15) is 0 Å². The molecule has 1 unspecified atom stereocenters. The molecule has 11 heavy (non-hydrogen) atoms. The molecule has 0 fully saturated rings. The minimum Gasteiger partial charge on any atom is -0.246 e. The van der Waals surface area contributed by atoms with E-state index in [4.69, 9.17) is 0 Å². The van der Waals surface area contributed by atoms with Crippen LogP contribution in [0, 0.1) is 0 Å². The van der Waals surface area contributed by atoms with Crippen LogP contribution in [-0.2, 0) is 6.42 Å². The first-order chi connectivity index (χ1) is 5.27. The highest BCUT2D eigenvalue weighted by atomic mass is 32.1. The summed E-state index contributed by atoms with van der Waals surface area (Å²) in [7, 11) is 0. The third-order valence-corrected chi connectivity index (χ3v) is 3.09. The molecule has 0 spiro atoms. The fourth-order valence-corrected chi connectivity index (χ4v) is 1.93. The molecule has 1 aromatic rings. The summed E-state index contributed by atoms with van der Waals surface area (Å²) < 4.78 is 0. The van der Waals surface area contributed by atoms with Gasteiger partial charge in [0.1, 0.15) is 0 Å². The molecule has 0 bridgehead atoms. The molecule has 1 rings (SSSR count). The number of nitrogens with zero attached hydrogens (tertiary/aromatic N) is 1. The molecule has 0 aliphatic rings. The lowest BCUT2D eigenvalue weighted by Crippen LogP contribution is -1.90. The first kappa shape index (κ1) is 8.72. The number of rotatable bonds is 3. The molecule has 0 radical (unpaired) electrons. The molecular weight excluding hydrogens is 154 g/mol. The second-order valence-electron chi connectivity index (χ2n) is 2.84. The SMILES string of the molecule is CCc1csc(C(C)CC)n1. The molecule has 1 heterocycles. The van der Waals surface area contributed by atoms with Gasteiger partial charge in [0.25, 0.3) is 0 Å². The van der Waals surface area contributed by atoms with E-state index in [0.717, 1.165) is 6.42 Å². The van der Waals surface area contributed by atoms with Gasteiger partial charge in [0.15, 0.2) is 0 Å². The zero-order chi connectivity index (χ0) is 8.27. The van der Waals surface area contributed by atoms with E-state index in [1.165, 1.54) is 17.1 Å². The maximum Gasteiger partial charge on any atom is 0.0956 e. The minimum absolute atomic E-state index is 0.639. The van der Waals surface area contributed by atoms with Crippen molar-refractivity contribution in [3.8, 4) is 0 Å². The van der Waals surface area contributed by atoms with Crippen LogP contribution in [0.2, 0.25) is 0 Å². The van der Waals surface area contributed by atoms with Gasteiger partial charge in [-0.2, -0.15) is 0 Å². The van der Waals surface area contributed by atoms with Crippen molar-refractivity contribution >= 4 is 11.3 Å². The molecule has 0 amide bonds. The lowest BCUT2D eigenvalue weighted by molar-refractivity contribution is 0.722. The molecule has 2 heteroatoms. The van der Waals surface area contributed by atoms with Gasteiger partial charge in [-0.3, -0.25) is 0 Å². The minimum atomic E-state index is 0.639. The molecule has 0 aliphatic carbocycles. The summed E-state index contributed by atoms with van der Waals surface area (Å²) in [5.41, 5.74) is 1.24. The Labute approximate surface area is 72.5 Å². The van der Waals surface area contributed by atoms with Crippen LogP contribution in [0.25, 0.3) is 0 Å². The molecule has 0 aliphatic heterocycles. The quantitative estimate of drug-likeness (QED) is 0.677. The predicted octanol–water partition coefficient (Wildman–Crippen LogP) is 3.22. The van der Waals surface area contributed by atoms with Crippen LogP contribution >= 0.6 is 11.3 Å². The normalized spacial score (nSPS) is 13.4. The molecule has 0 saturated carbocycles. The van der Waals surface area contributed by atoms with Crippen LogP contribution in [0.3, 0.4) is 0 Å². The van der Waals surface area contributed by atoms with Crippen molar-refractivity contribution in [2.24, 2.45) is 0 Å². The Balaban J connectivity index is 2.71. The Morgan fingerprint density at radius 3 is 2.73 bits per heavy atom. The maximum absolute atomic E-state index is 4.52. The van der Waals surface area contributed by atoms with Crippen LogP contribution in [0.15, 0.2) is 5.38 Å². The van der Waals surface area contributed by atoms with Gasteiger partial charge in [-0.15, -0.1) is 11.3 Å². The second-order valence-corrected chi connectivity index (χ2v) is 3.73. The Bertz CT molecular complexity index is 217. The summed E-state index contributed by atoms with van der Waals surface area (Å²) in [5, 5.41) is 3.46. The molecule has 0 aromatic carbocycles. The summed E-state index contributed by atoms with van der Waals surface area (Å²) in [5.74, 6) is 0.639. The third kappa shape index (κ3) is 2.03. The maximum atomic E-state index is 4.52. The van der Waals surface area contributed by atoms with Gasteiger partial charge < -0.3 is 0 Å². The highest BCUT2D eigenvalue weighted by Crippen LogP contribution is 2.22. The van der Waals surface area contributed by atoms with Crippen molar-refractivity contribution in [3.63, 3.8) is 0 Å². The summed E-state index contributed by atoms with van der Waals surface area (Å²) >= 11 is 1.80. The van der Waals surface area contributed by atoms with E-state index in [-0.39, 0.29) is 0 Å². The van der Waals surface area contributed by atoms with Crippen molar-refractivity contribution < 1.29 is 0 Å². The van der Waals surface area contributed by atoms with Crippen molar-refractivity contribution in [1.82, 2.24) is 4.98 Å². The number of aromatic nitrogens is 1. The van der Waals surface area contributed by atoms with E-state index in [0.29, 0.717) is 5.92 Å². The Hall–Kier alpha value is -0.370. The summed E-state index contributed by atoms with van der Waals surface area (Å²) in [6, 6.07) is 0. The van der Waals surface area contributed by atoms with Crippen molar-refractivity contribution in [3.05, 3.63) is 16.1 Å². The average Bonchev–Trinajstić information content (AvgIpc) is 2.50. The molecule has 0 N–H and O–H groups in total. The van der Waals surface area contributed by atoms with Gasteiger partial charge in [0, 0.05) is 11.3 Å². The standard InChI is InChI=1S/C9H15NS/c1-4-7(3)9-10-8(5-2)6-11-9/h6-7H,4-5H2,1-3H3. The topological polar surface area (TPSA) is 12.9 Å². The van der Waals surface area contributed by atoms with Gasteiger partial charge in [-0.25, -0.2) is 4.98 Å². The first-order valence-electron chi connectivity index (χ1n) is 4.22. The van der Waals surface area contributed by atoms with Gasteiger partial charge in [-0.05, 0) is 12.8 Å². The zero-order valence-corrected chi connectivity index (χ0v) is 8.24. The Morgan fingerprint density at radius 1 is 1.55 bits per heavy atom. The Morgan fingerprint density at radius 2 is 2.27 bits per heavy atom. The zero-order valence-electron chi connectivity index (χ0n) is 7.42. The van der Waals surface area contributed by atoms with Crippen LogP contribution in [0.5, 0.6) is 0 Å². The van der Waals surface area contributed by atoms with E-state index < -0.39 is 0 Å². The highest BCUT2D eigenvalue weighted by molar-refractivity contribution is 7.09. The van der Waals surface area contributed by atoms with Crippen molar-refractivity contribution in [2.45, 2.75) is 39.5 Å². The Kier molecular flexibility index (Phi) is 3.06. The monoisotopic (exact) mass is 169 g/mol. The van der Waals surface area contributed by atoms with Gasteiger partial charge in [0.2, 0.25) is 0 Å². The number of aryl methyl sites for hydroxylation is 1. The second kappa shape index (κ2) is 3.86. The van der Waals surface area contributed by atoms with Crippen LogP contribution < -0.4 is 0 Å². The van der Waals surface area contributed by atoms with E-state index in [1.54, 1.807) is 11.3 Å². The van der Waals surface area contributed by atoms with E-state index in [2.05, 4.69) is 31.1 Å². The summed E-state index contributed by atoms with van der Waals surface area (Å²) in [4.78, 5) is 4.52. The van der Waals surface area contributed by atoms with Gasteiger partial charge in [0.05, 0.1) is 10.7 Å². The number of hydrogen-bond donors (Lipinski definition) is 0. The predicted molar refractivity (Wildman–Crippen MR) is 50.2 cm³/mol. The largest absolute Gasteiger partial charge is 0.246 e. The molecule has 1 aromatic heterocycles. The lowest BCUT2D eigenvalue weighted by Gasteiger charge is -2.01. The van der Waals surface area contributed by atoms with Crippen molar-refractivity contribution in [1.29, 1.82) is 0 Å². The molecular formula is C9H15NS. The van der Waals surface area contributed by atoms with Gasteiger partial charge >= 0.3 is 0 Å². The third-order valence-electron chi connectivity index (χ3n) is 1.97. The molecule has 1 atom stereocenters. The van der Waals surface area contributed by atoms with Crippen LogP contribution in [0.1, 0.15) is 43.8 Å². The number of thiazole rings is 1. The highest BCUT2D eigenvalue weighted by Gasteiger charge is 2.06. The van der Waals surface area contributed by atoms with Gasteiger partial charge in [-0.1, -0.05) is 20.8 Å². The molecule has 1 nitrogen and oxygen atoms in total. The van der Waals surface area contributed by atoms with Crippen LogP contribution in [-0.4, -0.2) is 4.98 Å². The van der Waals surface area contributed by atoms with E-state index in [1.807, 2.05) is 0 Å². The first-order valence-corrected chi connectivity index (χ1v) is 5.10. The lowest BCUT2D eigenvalue weighted by atomic mass is 10.1. The van der Waals surface area contributed by atoms with E-state index >= 15 is 0 Å². The summed E-state index contributed by atoms with van der Waals surface area (Å²) in [6.07, 6.45) is 2.25.